The zero-order valence-electron chi connectivity index (χ0n) is 19.2. The molecule has 0 saturated heterocycles. The molecule has 0 radical (unpaired) electrons. The molecular weight excluding hydrogens is 475 g/mol. The minimum atomic E-state index is -4.28. The van der Waals surface area contributed by atoms with Crippen LogP contribution in [0.3, 0.4) is 0 Å². The monoisotopic (exact) mass is 501 g/mol. The zero-order valence-corrected chi connectivity index (χ0v) is 20.0. The molecular formula is C27H26F3NO3S. The number of hydrogen-bond acceptors (Lipinski definition) is 4. The van der Waals surface area contributed by atoms with Gasteiger partial charge in [0.25, 0.3) is 0 Å². The van der Waals surface area contributed by atoms with Gasteiger partial charge < -0.3 is 9.84 Å². The number of halogens is 3. The molecule has 1 heterocycles. The number of aliphatic carboxylic acids is 1. The second-order valence-corrected chi connectivity index (χ2v) is 8.89. The van der Waals surface area contributed by atoms with Crippen LogP contribution >= 0.6 is 11.3 Å². The summed E-state index contributed by atoms with van der Waals surface area (Å²) in [6.07, 6.45) is -4.36. The minimum Gasteiger partial charge on any atom is -0.489 e. The summed E-state index contributed by atoms with van der Waals surface area (Å²) in [6, 6.07) is 16.3. The molecule has 3 aromatic rings. The van der Waals surface area contributed by atoms with E-state index < -0.39 is 24.6 Å². The molecule has 0 bridgehead atoms. The normalized spacial score (nSPS) is 12.1. The lowest BCUT2D eigenvalue weighted by Gasteiger charge is -2.23. The Bertz CT molecular complexity index is 1150. The summed E-state index contributed by atoms with van der Waals surface area (Å²) in [4.78, 5) is 12.5. The van der Waals surface area contributed by atoms with Crippen molar-refractivity contribution in [3.63, 3.8) is 0 Å². The Morgan fingerprint density at radius 1 is 1.09 bits per heavy atom. The van der Waals surface area contributed by atoms with Crippen molar-refractivity contribution in [2.24, 2.45) is 0 Å². The van der Waals surface area contributed by atoms with Crippen molar-refractivity contribution in [2.75, 3.05) is 6.54 Å². The molecule has 8 heteroatoms. The van der Waals surface area contributed by atoms with Gasteiger partial charge in [-0.25, -0.2) is 0 Å². The van der Waals surface area contributed by atoms with Crippen molar-refractivity contribution in [3.05, 3.63) is 87.6 Å². The largest absolute Gasteiger partial charge is 0.489 e. The Balaban J connectivity index is 1.63. The lowest BCUT2D eigenvalue weighted by Crippen LogP contribution is -2.33. The Kier molecular flexibility index (Phi) is 9.35. The van der Waals surface area contributed by atoms with E-state index in [-0.39, 0.29) is 26.1 Å². The topological polar surface area (TPSA) is 49.8 Å². The number of carbonyl (C=O) groups is 1. The highest BCUT2D eigenvalue weighted by Crippen LogP contribution is 2.24. The van der Waals surface area contributed by atoms with Crippen molar-refractivity contribution in [2.45, 2.75) is 45.1 Å². The number of rotatable bonds is 11. The summed E-state index contributed by atoms with van der Waals surface area (Å²) < 4.78 is 45.2. The molecule has 0 amide bonds. The van der Waals surface area contributed by atoms with E-state index in [1.807, 2.05) is 41.1 Å². The molecule has 4 nitrogen and oxygen atoms in total. The molecule has 1 atom stereocenters. The van der Waals surface area contributed by atoms with Crippen LogP contribution < -0.4 is 4.74 Å². The average molecular weight is 502 g/mol. The van der Waals surface area contributed by atoms with Gasteiger partial charge in [-0.05, 0) is 58.1 Å². The molecule has 184 valence electrons. The third kappa shape index (κ3) is 9.12. The first-order chi connectivity index (χ1) is 16.7. The maximum atomic E-state index is 13.1. The number of carboxylic acids is 1. The molecule has 0 aliphatic heterocycles. The van der Waals surface area contributed by atoms with Crippen molar-refractivity contribution < 1.29 is 27.8 Å². The van der Waals surface area contributed by atoms with Crippen molar-refractivity contribution in [3.8, 4) is 17.6 Å². The number of thiophene rings is 1. The first-order valence-electron chi connectivity index (χ1n) is 11.0. The van der Waals surface area contributed by atoms with Gasteiger partial charge in [-0.1, -0.05) is 42.3 Å². The number of carboxylic acid groups (broad SMARTS) is 1. The highest BCUT2D eigenvalue weighted by Gasteiger charge is 2.30. The van der Waals surface area contributed by atoms with E-state index in [1.54, 1.807) is 31.2 Å². The number of alkyl halides is 3. The quantitative estimate of drug-likeness (QED) is 0.306. The molecule has 1 aromatic heterocycles. The smallest absolute Gasteiger partial charge is 0.401 e. The Labute approximate surface area is 207 Å². The maximum Gasteiger partial charge on any atom is 0.401 e. The van der Waals surface area contributed by atoms with Crippen LogP contribution in [-0.2, 0) is 24.5 Å². The molecule has 0 fully saturated rings. The van der Waals surface area contributed by atoms with Gasteiger partial charge in [0.1, 0.15) is 12.4 Å². The van der Waals surface area contributed by atoms with Gasteiger partial charge in [0.2, 0.25) is 0 Å². The second-order valence-electron chi connectivity index (χ2n) is 8.11. The molecule has 0 aliphatic rings. The average Bonchev–Trinajstić information content (AvgIpc) is 3.30. The molecule has 0 aliphatic carbocycles. The van der Waals surface area contributed by atoms with E-state index in [4.69, 9.17) is 9.84 Å². The van der Waals surface area contributed by atoms with Crippen LogP contribution in [-0.4, -0.2) is 28.7 Å². The zero-order chi connectivity index (χ0) is 25.3. The van der Waals surface area contributed by atoms with Gasteiger partial charge in [0.05, 0.1) is 18.9 Å². The molecule has 1 N–H and O–H groups in total. The fourth-order valence-corrected chi connectivity index (χ4v) is 4.36. The van der Waals surface area contributed by atoms with Crippen molar-refractivity contribution in [1.82, 2.24) is 4.90 Å². The molecule has 35 heavy (non-hydrogen) atoms. The number of ether oxygens (including phenoxy) is 1. The van der Waals surface area contributed by atoms with Gasteiger partial charge in [0.15, 0.2) is 0 Å². The predicted octanol–water partition coefficient (Wildman–Crippen LogP) is 6.47. The molecule has 0 unspecified atom stereocenters. The van der Waals surface area contributed by atoms with Gasteiger partial charge in [-0.15, -0.1) is 5.92 Å². The van der Waals surface area contributed by atoms with E-state index in [9.17, 15) is 18.0 Å². The lowest BCUT2D eigenvalue weighted by molar-refractivity contribution is -0.148. The van der Waals surface area contributed by atoms with Crippen LogP contribution in [0.4, 0.5) is 13.2 Å². The first-order valence-corrected chi connectivity index (χ1v) is 11.9. The summed E-state index contributed by atoms with van der Waals surface area (Å²) in [6.45, 7) is 1.33. The summed E-state index contributed by atoms with van der Waals surface area (Å²) >= 11 is 1.46. The maximum absolute atomic E-state index is 13.1. The number of nitrogens with zero attached hydrogens (tertiary/aromatic N) is 1. The minimum absolute atomic E-state index is 0.0778. The van der Waals surface area contributed by atoms with Gasteiger partial charge in [-0.3, -0.25) is 9.69 Å². The van der Waals surface area contributed by atoms with Crippen LogP contribution in [0.2, 0.25) is 0 Å². The van der Waals surface area contributed by atoms with Crippen LogP contribution in [0.15, 0.2) is 65.4 Å². The molecule has 3 rings (SSSR count). The third-order valence-electron chi connectivity index (χ3n) is 5.17. The van der Waals surface area contributed by atoms with Gasteiger partial charge in [-0.2, -0.15) is 24.5 Å². The van der Waals surface area contributed by atoms with Crippen LogP contribution in [0.1, 0.15) is 41.5 Å². The summed E-state index contributed by atoms with van der Waals surface area (Å²) in [5.41, 5.74) is 3.27. The van der Waals surface area contributed by atoms with E-state index >= 15 is 0 Å². The Hall–Kier alpha value is -3.28. The molecule has 2 aromatic carbocycles. The fraction of sp³-hybridized carbons (Fsp3) is 0.296. The number of hydrogen-bond donors (Lipinski definition) is 1. The highest BCUT2D eigenvalue weighted by molar-refractivity contribution is 7.07. The first kappa shape index (κ1) is 26.3. The molecule has 0 spiro atoms. The highest BCUT2D eigenvalue weighted by atomic mass is 32.1. The standard InChI is InChI=1S/C27H26F3NO3S/c1-2-4-24(14-26(32)33)23-7-9-25(10-8-23)34-17-21-6-3-5-20(13-21)15-31(19-27(28,29)30)16-22-11-12-35-18-22/h3,5-13,18,24H,14-17,19H2,1H3,(H,32,33)/t24-/m0/s1. The lowest BCUT2D eigenvalue weighted by atomic mass is 9.96. The van der Waals surface area contributed by atoms with Gasteiger partial charge in [0, 0.05) is 13.1 Å². The Morgan fingerprint density at radius 2 is 1.80 bits per heavy atom. The predicted molar refractivity (Wildman–Crippen MR) is 130 cm³/mol. The van der Waals surface area contributed by atoms with Crippen molar-refractivity contribution in [1.29, 1.82) is 0 Å². The van der Waals surface area contributed by atoms with Crippen LogP contribution in [0.25, 0.3) is 0 Å². The fourth-order valence-electron chi connectivity index (χ4n) is 3.70. The molecule has 0 saturated carbocycles. The third-order valence-corrected chi connectivity index (χ3v) is 5.90. The summed E-state index contributed by atoms with van der Waals surface area (Å²) in [5, 5.41) is 12.8. The van der Waals surface area contributed by atoms with E-state index in [1.165, 1.54) is 16.2 Å². The second kappa shape index (κ2) is 12.4. The van der Waals surface area contributed by atoms with Gasteiger partial charge >= 0.3 is 12.1 Å². The van der Waals surface area contributed by atoms with E-state index in [0.717, 1.165) is 22.3 Å². The number of benzene rings is 2. The van der Waals surface area contributed by atoms with E-state index in [2.05, 4.69) is 11.8 Å². The summed E-state index contributed by atoms with van der Waals surface area (Å²) in [7, 11) is 0. The van der Waals surface area contributed by atoms with Crippen LogP contribution in [0.5, 0.6) is 5.75 Å². The SMILES string of the molecule is CC#C[C@@H](CC(=O)O)c1ccc(OCc2cccc(CN(Cc3ccsc3)CC(F)(F)F)c2)cc1. The van der Waals surface area contributed by atoms with Crippen LogP contribution in [0, 0.1) is 11.8 Å². The summed E-state index contributed by atoms with van der Waals surface area (Å²) in [5.74, 6) is 4.98. The van der Waals surface area contributed by atoms with Crippen molar-refractivity contribution >= 4 is 17.3 Å². The Morgan fingerprint density at radius 3 is 2.43 bits per heavy atom. The van der Waals surface area contributed by atoms with E-state index in [0.29, 0.717) is 5.75 Å².